The molecule has 0 saturated carbocycles. The van der Waals surface area contributed by atoms with Gasteiger partial charge in [-0.25, -0.2) is 4.67 Å². The molecular formula is C7H12NO2P. The lowest BCUT2D eigenvalue weighted by Crippen LogP contribution is -2.31. The van der Waals surface area contributed by atoms with Crippen LogP contribution in [0.1, 0.15) is 0 Å². The molecule has 1 heterocycles. The smallest absolute Gasteiger partial charge is 0.269 e. The quantitative estimate of drug-likeness (QED) is 0.404. The largest absolute Gasteiger partial charge is 0.316 e. The van der Waals surface area contributed by atoms with Gasteiger partial charge in [0.15, 0.2) is 0 Å². The van der Waals surface area contributed by atoms with Crippen molar-refractivity contribution >= 4 is 7.52 Å². The fourth-order valence-electron chi connectivity index (χ4n) is 0.948. The lowest BCUT2D eigenvalue weighted by Gasteiger charge is -2.32. The van der Waals surface area contributed by atoms with Crippen LogP contribution in [0.15, 0.2) is 0 Å². The van der Waals surface area contributed by atoms with E-state index in [1.807, 2.05) is 0 Å². The Morgan fingerprint density at radius 3 is 2.91 bits per heavy atom. The van der Waals surface area contributed by atoms with E-state index in [9.17, 15) is 4.57 Å². The van der Waals surface area contributed by atoms with Gasteiger partial charge < -0.3 is 4.52 Å². The summed E-state index contributed by atoms with van der Waals surface area (Å²) < 4.78 is 18.3. The van der Waals surface area contributed by atoms with Gasteiger partial charge in [-0.3, -0.25) is 4.57 Å². The van der Waals surface area contributed by atoms with Crippen molar-refractivity contribution in [1.29, 1.82) is 0 Å². The Morgan fingerprint density at radius 1 is 1.82 bits per heavy atom. The standard InChI is InChI=1S/C7H12NO2P/c1-4-7-5-8(2)11(3,9)10-6-7/h1,7H,5-6H2,2-3H3. The predicted molar refractivity (Wildman–Crippen MR) is 44.4 cm³/mol. The van der Waals surface area contributed by atoms with E-state index in [0.717, 1.165) is 0 Å². The van der Waals surface area contributed by atoms with Crippen molar-refractivity contribution in [1.82, 2.24) is 4.67 Å². The maximum atomic E-state index is 11.5. The average molecular weight is 173 g/mol. The molecule has 0 aromatic rings. The van der Waals surface area contributed by atoms with Gasteiger partial charge in [0.05, 0.1) is 12.5 Å². The Balaban J connectivity index is 2.64. The van der Waals surface area contributed by atoms with E-state index in [0.29, 0.717) is 13.2 Å². The van der Waals surface area contributed by atoms with Gasteiger partial charge in [0, 0.05) is 13.2 Å². The van der Waals surface area contributed by atoms with Crippen molar-refractivity contribution in [3.05, 3.63) is 0 Å². The van der Waals surface area contributed by atoms with Gasteiger partial charge in [-0.15, -0.1) is 6.42 Å². The van der Waals surface area contributed by atoms with Crippen molar-refractivity contribution in [2.45, 2.75) is 0 Å². The molecule has 11 heavy (non-hydrogen) atoms. The number of hydrogen-bond donors (Lipinski definition) is 0. The van der Waals surface area contributed by atoms with Gasteiger partial charge in [-0.1, -0.05) is 5.92 Å². The normalized spacial score (nSPS) is 39.9. The lowest BCUT2D eigenvalue weighted by atomic mass is 10.2. The first-order valence-electron chi connectivity index (χ1n) is 3.46. The van der Waals surface area contributed by atoms with Crippen LogP contribution in [-0.4, -0.2) is 31.5 Å². The van der Waals surface area contributed by atoms with Crippen LogP contribution in [0.2, 0.25) is 0 Å². The fourth-order valence-corrected chi connectivity index (χ4v) is 2.10. The molecule has 0 aliphatic carbocycles. The summed E-state index contributed by atoms with van der Waals surface area (Å²) >= 11 is 0. The first kappa shape index (κ1) is 8.80. The van der Waals surface area contributed by atoms with Crippen LogP contribution in [-0.2, 0) is 9.09 Å². The molecule has 2 atom stereocenters. The summed E-state index contributed by atoms with van der Waals surface area (Å²) in [6.07, 6.45) is 5.21. The van der Waals surface area contributed by atoms with Crippen molar-refractivity contribution < 1.29 is 9.09 Å². The van der Waals surface area contributed by atoms with Crippen LogP contribution in [0.25, 0.3) is 0 Å². The molecule has 4 heteroatoms. The summed E-state index contributed by atoms with van der Waals surface area (Å²) in [5, 5.41) is 0. The molecule has 0 bridgehead atoms. The topological polar surface area (TPSA) is 29.5 Å². The first-order chi connectivity index (χ1) is 5.06. The highest BCUT2D eigenvalue weighted by atomic mass is 31.2. The van der Waals surface area contributed by atoms with Gasteiger partial charge in [0.25, 0.3) is 7.52 Å². The molecule has 2 unspecified atom stereocenters. The van der Waals surface area contributed by atoms with Gasteiger partial charge in [0.1, 0.15) is 0 Å². The van der Waals surface area contributed by atoms with Gasteiger partial charge in [-0.05, 0) is 7.05 Å². The Hall–Kier alpha value is -0.290. The molecule has 1 aliphatic heterocycles. The molecule has 0 N–H and O–H groups in total. The van der Waals surface area contributed by atoms with E-state index < -0.39 is 7.52 Å². The Labute approximate surface area is 67.2 Å². The SMILES string of the molecule is C#CC1COP(C)(=O)N(C)C1. The van der Waals surface area contributed by atoms with Crippen molar-refractivity contribution in [2.75, 3.05) is 26.9 Å². The maximum absolute atomic E-state index is 11.5. The van der Waals surface area contributed by atoms with E-state index in [4.69, 9.17) is 10.9 Å². The first-order valence-corrected chi connectivity index (χ1v) is 5.48. The molecular weight excluding hydrogens is 161 g/mol. The zero-order chi connectivity index (χ0) is 8.48. The molecule has 62 valence electrons. The van der Waals surface area contributed by atoms with Crippen LogP contribution in [0.3, 0.4) is 0 Å². The molecule has 0 aromatic heterocycles. The van der Waals surface area contributed by atoms with E-state index in [1.54, 1.807) is 18.4 Å². The van der Waals surface area contributed by atoms with Gasteiger partial charge in [0.2, 0.25) is 0 Å². The van der Waals surface area contributed by atoms with E-state index in [2.05, 4.69) is 5.92 Å². The summed E-state index contributed by atoms with van der Waals surface area (Å²) in [6, 6.07) is 0. The third kappa shape index (κ3) is 1.84. The van der Waals surface area contributed by atoms with Crippen molar-refractivity contribution in [3.8, 4) is 12.3 Å². The Bertz CT molecular complexity index is 233. The third-order valence-corrected chi connectivity index (χ3v) is 3.89. The van der Waals surface area contributed by atoms with E-state index in [-0.39, 0.29) is 5.92 Å². The predicted octanol–water partition coefficient (Wildman–Crippen LogP) is 1.02. The van der Waals surface area contributed by atoms with Crippen LogP contribution >= 0.6 is 7.52 Å². The highest BCUT2D eigenvalue weighted by molar-refractivity contribution is 7.55. The molecule has 1 rings (SSSR count). The van der Waals surface area contributed by atoms with Crippen LogP contribution in [0.5, 0.6) is 0 Å². The second kappa shape index (κ2) is 2.98. The second-order valence-corrected chi connectivity index (χ2v) is 5.35. The summed E-state index contributed by atoms with van der Waals surface area (Å²) in [5.41, 5.74) is 0. The minimum absolute atomic E-state index is 0.0852. The van der Waals surface area contributed by atoms with Crippen LogP contribution < -0.4 is 0 Å². The summed E-state index contributed by atoms with van der Waals surface area (Å²) in [6.45, 7) is 2.71. The van der Waals surface area contributed by atoms with E-state index in [1.165, 1.54) is 0 Å². The summed E-state index contributed by atoms with van der Waals surface area (Å²) in [5.74, 6) is 2.67. The second-order valence-electron chi connectivity index (χ2n) is 2.80. The number of hydrogen-bond acceptors (Lipinski definition) is 2. The Kier molecular flexibility index (Phi) is 2.39. The van der Waals surface area contributed by atoms with Gasteiger partial charge in [-0.2, -0.15) is 0 Å². The summed E-state index contributed by atoms with van der Waals surface area (Å²) in [7, 11) is -0.722. The van der Waals surface area contributed by atoms with Crippen molar-refractivity contribution in [3.63, 3.8) is 0 Å². The minimum Gasteiger partial charge on any atom is -0.316 e. The lowest BCUT2D eigenvalue weighted by molar-refractivity contribution is 0.194. The zero-order valence-corrected chi connectivity index (χ0v) is 7.67. The molecule has 0 aromatic carbocycles. The fraction of sp³-hybridized carbons (Fsp3) is 0.714. The number of terminal acetylenes is 1. The maximum Gasteiger partial charge on any atom is 0.269 e. The minimum atomic E-state index is -2.49. The van der Waals surface area contributed by atoms with Crippen molar-refractivity contribution in [2.24, 2.45) is 5.92 Å². The monoisotopic (exact) mass is 173 g/mol. The molecule has 1 fully saturated rings. The van der Waals surface area contributed by atoms with Gasteiger partial charge >= 0.3 is 0 Å². The average Bonchev–Trinajstić information content (AvgIpc) is 1.95. The van der Waals surface area contributed by atoms with Crippen LogP contribution in [0.4, 0.5) is 0 Å². The highest BCUT2D eigenvalue weighted by Crippen LogP contribution is 2.48. The Morgan fingerprint density at radius 2 is 2.45 bits per heavy atom. The molecule has 0 spiro atoms. The molecule has 0 radical (unpaired) electrons. The van der Waals surface area contributed by atoms with E-state index >= 15 is 0 Å². The third-order valence-electron chi connectivity index (χ3n) is 1.86. The highest BCUT2D eigenvalue weighted by Gasteiger charge is 2.30. The molecule has 1 saturated heterocycles. The molecule has 3 nitrogen and oxygen atoms in total. The van der Waals surface area contributed by atoms with Crippen LogP contribution in [0, 0.1) is 18.3 Å². The zero-order valence-electron chi connectivity index (χ0n) is 6.78. The number of nitrogens with zero attached hydrogens (tertiary/aromatic N) is 1. The number of rotatable bonds is 0. The molecule has 1 aliphatic rings. The summed E-state index contributed by atoms with van der Waals surface area (Å²) in [4.78, 5) is 0. The molecule has 0 amide bonds.